The second-order valence-electron chi connectivity index (χ2n) is 8.92. The minimum Gasteiger partial charge on any atom is -0.355 e. The standard InChI is InChI=1S/C23H34FN5O/c1-18(21(30)28-11-3-4-12-28)27-13-15-29(16-14-27)22(25-2)26-17-23(9-10-23)19-5-7-20(24)8-6-19/h5-8,18H,3-4,9-17H2,1-2H3,(H,25,26). The van der Waals surface area contributed by atoms with Crippen molar-refractivity contribution in [2.24, 2.45) is 4.99 Å². The predicted octanol–water partition coefficient (Wildman–Crippen LogP) is 2.06. The van der Waals surface area contributed by atoms with Crippen LogP contribution in [0.15, 0.2) is 29.3 Å². The van der Waals surface area contributed by atoms with E-state index in [1.54, 1.807) is 12.1 Å². The lowest BCUT2D eigenvalue weighted by Crippen LogP contribution is -2.57. The number of hydrogen-bond donors (Lipinski definition) is 1. The molecule has 4 rings (SSSR count). The van der Waals surface area contributed by atoms with E-state index in [4.69, 9.17) is 0 Å². The Hall–Kier alpha value is -2.15. The Kier molecular flexibility index (Phi) is 6.27. The molecule has 1 amide bonds. The summed E-state index contributed by atoms with van der Waals surface area (Å²) in [7, 11) is 1.83. The van der Waals surface area contributed by atoms with Gasteiger partial charge in [0.15, 0.2) is 5.96 Å². The molecule has 3 aliphatic rings. The molecule has 0 aromatic heterocycles. The molecule has 7 heteroatoms. The van der Waals surface area contributed by atoms with Crippen LogP contribution in [0.3, 0.4) is 0 Å². The molecule has 1 N–H and O–H groups in total. The molecule has 3 fully saturated rings. The van der Waals surface area contributed by atoms with Crippen LogP contribution >= 0.6 is 0 Å². The van der Waals surface area contributed by atoms with Gasteiger partial charge in [-0.2, -0.15) is 0 Å². The summed E-state index contributed by atoms with van der Waals surface area (Å²) in [5.41, 5.74) is 1.30. The minimum atomic E-state index is -0.186. The maximum atomic E-state index is 13.3. The number of amides is 1. The van der Waals surface area contributed by atoms with Gasteiger partial charge in [0.25, 0.3) is 0 Å². The van der Waals surface area contributed by atoms with E-state index in [1.807, 2.05) is 31.0 Å². The van der Waals surface area contributed by atoms with Crippen LogP contribution in [0.4, 0.5) is 4.39 Å². The summed E-state index contributed by atoms with van der Waals surface area (Å²) in [5, 5.41) is 3.56. The Morgan fingerprint density at radius 2 is 1.70 bits per heavy atom. The Balaban J connectivity index is 1.28. The molecule has 1 aromatic carbocycles. The molecule has 0 spiro atoms. The van der Waals surface area contributed by atoms with Gasteiger partial charge in [-0.15, -0.1) is 0 Å². The molecule has 1 saturated carbocycles. The molecule has 2 heterocycles. The monoisotopic (exact) mass is 415 g/mol. The van der Waals surface area contributed by atoms with Crippen LogP contribution in [-0.4, -0.2) is 85.5 Å². The summed E-state index contributed by atoms with van der Waals surface area (Å²) in [4.78, 5) is 23.8. The van der Waals surface area contributed by atoms with Crippen LogP contribution in [0.25, 0.3) is 0 Å². The summed E-state index contributed by atoms with van der Waals surface area (Å²) in [6.07, 6.45) is 4.50. The van der Waals surface area contributed by atoms with Gasteiger partial charge in [-0.05, 0) is 50.3 Å². The number of benzene rings is 1. The number of rotatable bonds is 5. The van der Waals surface area contributed by atoms with Gasteiger partial charge in [-0.3, -0.25) is 14.7 Å². The molecule has 2 saturated heterocycles. The molecule has 0 bridgehead atoms. The third kappa shape index (κ3) is 4.46. The molecule has 2 aliphatic heterocycles. The maximum absolute atomic E-state index is 13.3. The van der Waals surface area contributed by atoms with E-state index < -0.39 is 0 Å². The summed E-state index contributed by atoms with van der Waals surface area (Å²) in [6, 6.07) is 6.87. The fraction of sp³-hybridized carbons (Fsp3) is 0.652. The van der Waals surface area contributed by atoms with E-state index in [0.717, 1.165) is 77.5 Å². The minimum absolute atomic E-state index is 0.0477. The lowest BCUT2D eigenvalue weighted by Gasteiger charge is -2.39. The van der Waals surface area contributed by atoms with Crippen molar-refractivity contribution in [2.75, 3.05) is 52.9 Å². The highest BCUT2D eigenvalue weighted by molar-refractivity contribution is 5.82. The highest BCUT2D eigenvalue weighted by Crippen LogP contribution is 2.47. The van der Waals surface area contributed by atoms with E-state index in [2.05, 4.69) is 20.1 Å². The largest absolute Gasteiger partial charge is 0.355 e. The molecule has 164 valence electrons. The SMILES string of the molecule is CN=C(NCC1(c2ccc(F)cc2)CC1)N1CCN(C(C)C(=O)N2CCCC2)CC1. The van der Waals surface area contributed by atoms with Crippen LogP contribution in [0.2, 0.25) is 0 Å². The third-order valence-electron chi connectivity index (χ3n) is 7.04. The molecule has 1 atom stereocenters. The van der Waals surface area contributed by atoms with E-state index in [-0.39, 0.29) is 23.2 Å². The average Bonchev–Trinajstić information content (AvgIpc) is 3.36. The molecule has 1 aromatic rings. The first kappa shape index (κ1) is 21.1. The number of halogens is 1. The van der Waals surface area contributed by atoms with Gasteiger partial charge in [-0.1, -0.05) is 12.1 Å². The summed E-state index contributed by atoms with van der Waals surface area (Å²) in [6.45, 7) is 8.14. The normalized spacial score (nSPS) is 22.8. The molecule has 0 radical (unpaired) electrons. The quantitative estimate of drug-likeness (QED) is 0.591. The first-order valence-corrected chi connectivity index (χ1v) is 11.3. The Bertz CT molecular complexity index is 762. The van der Waals surface area contributed by atoms with Gasteiger partial charge in [0.2, 0.25) is 5.91 Å². The van der Waals surface area contributed by atoms with Gasteiger partial charge in [0, 0.05) is 58.3 Å². The van der Waals surface area contributed by atoms with Crippen molar-refractivity contribution in [1.29, 1.82) is 0 Å². The second-order valence-corrected chi connectivity index (χ2v) is 8.92. The average molecular weight is 416 g/mol. The Morgan fingerprint density at radius 1 is 1.07 bits per heavy atom. The van der Waals surface area contributed by atoms with E-state index in [9.17, 15) is 9.18 Å². The Morgan fingerprint density at radius 3 is 2.27 bits per heavy atom. The number of likely N-dealkylation sites (tertiary alicyclic amines) is 1. The smallest absolute Gasteiger partial charge is 0.239 e. The molecule has 30 heavy (non-hydrogen) atoms. The summed E-state index contributed by atoms with van der Waals surface area (Å²) < 4.78 is 13.3. The fourth-order valence-electron chi connectivity index (χ4n) is 4.78. The number of hydrogen-bond acceptors (Lipinski definition) is 3. The third-order valence-corrected chi connectivity index (χ3v) is 7.04. The van der Waals surface area contributed by atoms with Gasteiger partial charge in [-0.25, -0.2) is 4.39 Å². The lowest BCUT2D eigenvalue weighted by molar-refractivity contribution is -0.135. The zero-order chi connectivity index (χ0) is 21.1. The van der Waals surface area contributed by atoms with Gasteiger partial charge in [0.05, 0.1) is 6.04 Å². The number of aliphatic imine (C=N–C) groups is 1. The van der Waals surface area contributed by atoms with E-state index in [1.165, 1.54) is 5.56 Å². The number of carbonyl (C=O) groups excluding carboxylic acids is 1. The van der Waals surface area contributed by atoms with Gasteiger partial charge in [0.1, 0.15) is 5.82 Å². The topological polar surface area (TPSA) is 51.2 Å². The first-order chi connectivity index (χ1) is 14.5. The van der Waals surface area contributed by atoms with Gasteiger partial charge < -0.3 is 15.1 Å². The van der Waals surface area contributed by atoms with Gasteiger partial charge >= 0.3 is 0 Å². The zero-order valence-electron chi connectivity index (χ0n) is 18.2. The van der Waals surface area contributed by atoms with Crippen LogP contribution in [0, 0.1) is 5.82 Å². The van der Waals surface area contributed by atoms with Crippen LogP contribution in [0.5, 0.6) is 0 Å². The highest BCUT2D eigenvalue weighted by atomic mass is 19.1. The summed E-state index contributed by atoms with van der Waals surface area (Å²) >= 11 is 0. The molecule has 1 aliphatic carbocycles. The van der Waals surface area contributed by atoms with Crippen molar-refractivity contribution in [3.8, 4) is 0 Å². The van der Waals surface area contributed by atoms with Crippen molar-refractivity contribution >= 4 is 11.9 Å². The van der Waals surface area contributed by atoms with Crippen LogP contribution < -0.4 is 5.32 Å². The van der Waals surface area contributed by atoms with Crippen molar-refractivity contribution in [3.05, 3.63) is 35.6 Å². The molecular formula is C23H34FN5O. The predicted molar refractivity (Wildman–Crippen MR) is 117 cm³/mol. The van der Waals surface area contributed by atoms with E-state index >= 15 is 0 Å². The van der Waals surface area contributed by atoms with Crippen molar-refractivity contribution in [3.63, 3.8) is 0 Å². The van der Waals surface area contributed by atoms with E-state index in [0.29, 0.717) is 0 Å². The van der Waals surface area contributed by atoms with Crippen molar-refractivity contribution in [2.45, 2.75) is 44.1 Å². The first-order valence-electron chi connectivity index (χ1n) is 11.3. The lowest BCUT2D eigenvalue weighted by atomic mass is 9.96. The molecule has 6 nitrogen and oxygen atoms in total. The van der Waals surface area contributed by atoms with Crippen molar-refractivity contribution in [1.82, 2.24) is 20.0 Å². The number of nitrogens with zero attached hydrogens (tertiary/aromatic N) is 4. The number of carbonyl (C=O) groups is 1. The maximum Gasteiger partial charge on any atom is 0.239 e. The van der Waals surface area contributed by atoms with Crippen LogP contribution in [-0.2, 0) is 10.2 Å². The Labute approximate surface area is 179 Å². The number of guanidine groups is 1. The van der Waals surface area contributed by atoms with Crippen molar-refractivity contribution < 1.29 is 9.18 Å². The fourth-order valence-corrected chi connectivity index (χ4v) is 4.78. The summed E-state index contributed by atoms with van der Waals surface area (Å²) in [5.74, 6) is 1.01. The zero-order valence-corrected chi connectivity index (χ0v) is 18.2. The highest BCUT2D eigenvalue weighted by Gasteiger charge is 2.44. The molecular weight excluding hydrogens is 381 g/mol. The van der Waals surface area contributed by atoms with Crippen LogP contribution in [0.1, 0.15) is 38.2 Å². The number of piperazine rings is 1. The number of nitrogens with one attached hydrogen (secondary N) is 1. The molecule has 1 unspecified atom stereocenters. The second kappa shape index (κ2) is 8.92.